The van der Waals surface area contributed by atoms with Crippen LogP contribution in [0.2, 0.25) is 0 Å². The monoisotopic (exact) mass is 256 g/mol. The van der Waals surface area contributed by atoms with Gasteiger partial charge in [-0.2, -0.15) is 0 Å². The van der Waals surface area contributed by atoms with Gasteiger partial charge in [0.15, 0.2) is 0 Å². The number of hydrogen-bond acceptors (Lipinski definition) is 4. The van der Waals surface area contributed by atoms with E-state index in [-0.39, 0.29) is 36.5 Å². The first kappa shape index (κ1) is 13.3. The van der Waals surface area contributed by atoms with Crippen LogP contribution in [0.3, 0.4) is 0 Å². The number of amides is 2. The zero-order valence-corrected chi connectivity index (χ0v) is 10.8. The van der Waals surface area contributed by atoms with E-state index in [0.29, 0.717) is 26.1 Å². The second-order valence-corrected chi connectivity index (χ2v) is 5.15. The molecule has 0 saturated carbocycles. The Hall–Kier alpha value is -1.14. The molecule has 0 spiro atoms. The van der Waals surface area contributed by atoms with Crippen LogP contribution in [0, 0.1) is 5.92 Å². The van der Waals surface area contributed by atoms with Crippen molar-refractivity contribution in [2.45, 2.75) is 25.5 Å². The average molecular weight is 256 g/mol. The number of hydrogen-bond donors (Lipinski definition) is 1. The maximum Gasteiger partial charge on any atom is 0.228 e. The molecule has 3 atom stereocenters. The van der Waals surface area contributed by atoms with Crippen molar-refractivity contribution in [1.82, 2.24) is 9.80 Å². The zero-order valence-electron chi connectivity index (χ0n) is 10.8. The lowest BCUT2D eigenvalue weighted by Gasteiger charge is -2.38. The van der Waals surface area contributed by atoms with Gasteiger partial charge in [-0.25, -0.2) is 0 Å². The van der Waals surface area contributed by atoms with Gasteiger partial charge in [-0.05, 0) is 6.92 Å². The summed E-state index contributed by atoms with van der Waals surface area (Å²) in [4.78, 5) is 27.2. The quantitative estimate of drug-likeness (QED) is 0.693. The highest BCUT2D eigenvalue weighted by Crippen LogP contribution is 2.22. The number of nitrogens with zero attached hydrogens (tertiary/aromatic N) is 2. The predicted octanol–water partition coefficient (Wildman–Crippen LogP) is -0.927. The molecule has 2 heterocycles. The van der Waals surface area contributed by atoms with E-state index in [2.05, 4.69) is 0 Å². The number of aliphatic hydroxyl groups excluding tert-OH is 1. The Morgan fingerprint density at radius 1 is 1.50 bits per heavy atom. The smallest absolute Gasteiger partial charge is 0.228 e. The van der Waals surface area contributed by atoms with Crippen molar-refractivity contribution in [2.75, 3.05) is 33.4 Å². The first-order valence-electron chi connectivity index (χ1n) is 6.29. The molecule has 0 radical (unpaired) electrons. The first-order valence-corrected chi connectivity index (χ1v) is 6.29. The lowest BCUT2D eigenvalue weighted by atomic mass is 10.0. The van der Waals surface area contributed by atoms with E-state index in [9.17, 15) is 9.59 Å². The van der Waals surface area contributed by atoms with Gasteiger partial charge in [0.05, 0.1) is 31.3 Å². The molecule has 0 aromatic carbocycles. The summed E-state index contributed by atoms with van der Waals surface area (Å²) in [6, 6.07) is 0.00121. The molecule has 6 heteroatoms. The molecular formula is C12H20N2O4. The number of rotatable bonds is 2. The third kappa shape index (κ3) is 2.49. The van der Waals surface area contributed by atoms with Gasteiger partial charge in [0, 0.05) is 26.6 Å². The number of likely N-dealkylation sites (tertiary alicyclic amines) is 1. The Kier molecular flexibility index (Phi) is 3.87. The van der Waals surface area contributed by atoms with Gasteiger partial charge in [-0.3, -0.25) is 9.59 Å². The molecule has 2 amide bonds. The van der Waals surface area contributed by atoms with E-state index in [1.165, 1.54) is 0 Å². The number of morpholine rings is 1. The van der Waals surface area contributed by atoms with Gasteiger partial charge in [0.25, 0.3) is 0 Å². The van der Waals surface area contributed by atoms with Crippen molar-refractivity contribution >= 4 is 11.8 Å². The molecule has 0 aromatic heterocycles. The van der Waals surface area contributed by atoms with Crippen LogP contribution in [-0.4, -0.2) is 72.2 Å². The van der Waals surface area contributed by atoms with Crippen LogP contribution in [0.1, 0.15) is 13.3 Å². The van der Waals surface area contributed by atoms with Crippen LogP contribution >= 0.6 is 0 Å². The van der Waals surface area contributed by atoms with Crippen molar-refractivity contribution < 1.29 is 19.4 Å². The largest absolute Gasteiger partial charge is 0.394 e. The van der Waals surface area contributed by atoms with E-state index < -0.39 is 0 Å². The molecule has 0 aliphatic carbocycles. The SMILES string of the molecule is CC1COC(CO)CN1C(=O)C1CC(=O)N(C)C1. The van der Waals surface area contributed by atoms with Gasteiger partial charge in [0.2, 0.25) is 11.8 Å². The fraction of sp³-hybridized carbons (Fsp3) is 0.833. The summed E-state index contributed by atoms with van der Waals surface area (Å²) in [5.74, 6) is -0.225. The fourth-order valence-corrected chi connectivity index (χ4v) is 2.50. The van der Waals surface area contributed by atoms with Crippen LogP contribution in [0.4, 0.5) is 0 Å². The number of ether oxygens (including phenoxy) is 1. The Bertz CT molecular complexity index is 347. The Morgan fingerprint density at radius 3 is 2.78 bits per heavy atom. The lowest BCUT2D eigenvalue weighted by Crippen LogP contribution is -2.53. The van der Waals surface area contributed by atoms with Crippen LogP contribution in [0.25, 0.3) is 0 Å². The van der Waals surface area contributed by atoms with Crippen LogP contribution in [0.5, 0.6) is 0 Å². The Morgan fingerprint density at radius 2 is 2.22 bits per heavy atom. The van der Waals surface area contributed by atoms with Crippen molar-refractivity contribution in [1.29, 1.82) is 0 Å². The van der Waals surface area contributed by atoms with Crippen LogP contribution in [0.15, 0.2) is 0 Å². The number of carbonyl (C=O) groups is 2. The molecule has 18 heavy (non-hydrogen) atoms. The first-order chi connectivity index (χ1) is 8.52. The van der Waals surface area contributed by atoms with Gasteiger partial charge in [-0.15, -0.1) is 0 Å². The molecule has 0 bridgehead atoms. The van der Waals surface area contributed by atoms with Crippen LogP contribution < -0.4 is 0 Å². The maximum absolute atomic E-state index is 12.4. The molecule has 2 fully saturated rings. The molecule has 2 aliphatic heterocycles. The highest BCUT2D eigenvalue weighted by atomic mass is 16.5. The lowest BCUT2D eigenvalue weighted by molar-refractivity contribution is -0.150. The summed E-state index contributed by atoms with van der Waals surface area (Å²) in [5, 5.41) is 9.10. The fourth-order valence-electron chi connectivity index (χ4n) is 2.50. The van der Waals surface area contributed by atoms with E-state index in [0.717, 1.165) is 0 Å². The van der Waals surface area contributed by atoms with E-state index in [1.54, 1.807) is 16.8 Å². The van der Waals surface area contributed by atoms with Crippen molar-refractivity contribution in [3.8, 4) is 0 Å². The Balaban J connectivity index is 2.01. The minimum Gasteiger partial charge on any atom is -0.394 e. The van der Waals surface area contributed by atoms with Gasteiger partial charge in [0.1, 0.15) is 0 Å². The minimum absolute atomic E-state index is 0.00121. The molecule has 2 rings (SSSR count). The third-order valence-electron chi connectivity index (χ3n) is 3.68. The topological polar surface area (TPSA) is 70.1 Å². The normalized spacial score (nSPS) is 33.1. The molecule has 3 unspecified atom stereocenters. The number of carbonyl (C=O) groups excluding carboxylic acids is 2. The molecule has 6 nitrogen and oxygen atoms in total. The minimum atomic E-state index is -0.306. The summed E-state index contributed by atoms with van der Waals surface area (Å²) in [6.07, 6.45) is -0.0107. The Labute approximate surface area is 106 Å². The maximum atomic E-state index is 12.4. The van der Waals surface area contributed by atoms with Gasteiger partial charge in [-0.1, -0.05) is 0 Å². The molecular weight excluding hydrogens is 236 g/mol. The third-order valence-corrected chi connectivity index (χ3v) is 3.68. The highest BCUT2D eigenvalue weighted by Gasteiger charge is 2.38. The molecule has 2 saturated heterocycles. The molecule has 1 N–H and O–H groups in total. The average Bonchev–Trinajstić information content (AvgIpc) is 2.69. The van der Waals surface area contributed by atoms with E-state index in [4.69, 9.17) is 9.84 Å². The summed E-state index contributed by atoms with van der Waals surface area (Å²) >= 11 is 0. The summed E-state index contributed by atoms with van der Waals surface area (Å²) in [6.45, 7) is 3.18. The molecule has 102 valence electrons. The second-order valence-electron chi connectivity index (χ2n) is 5.15. The second kappa shape index (κ2) is 5.24. The highest BCUT2D eigenvalue weighted by molar-refractivity contribution is 5.89. The van der Waals surface area contributed by atoms with Crippen LogP contribution in [-0.2, 0) is 14.3 Å². The number of aliphatic hydroxyl groups is 1. The van der Waals surface area contributed by atoms with Crippen molar-refractivity contribution in [2.24, 2.45) is 5.92 Å². The summed E-state index contributed by atoms with van der Waals surface area (Å²) < 4.78 is 5.40. The van der Waals surface area contributed by atoms with E-state index in [1.807, 2.05) is 6.92 Å². The molecule has 0 aromatic rings. The van der Waals surface area contributed by atoms with Crippen molar-refractivity contribution in [3.63, 3.8) is 0 Å². The predicted molar refractivity (Wildman–Crippen MR) is 63.7 cm³/mol. The van der Waals surface area contributed by atoms with E-state index >= 15 is 0 Å². The van der Waals surface area contributed by atoms with Crippen molar-refractivity contribution in [3.05, 3.63) is 0 Å². The molecule has 2 aliphatic rings. The standard InChI is InChI=1S/C12H20N2O4/c1-8-7-18-10(6-15)5-14(8)12(17)9-3-11(16)13(2)4-9/h8-10,15H,3-7H2,1-2H3. The summed E-state index contributed by atoms with van der Waals surface area (Å²) in [7, 11) is 1.72. The summed E-state index contributed by atoms with van der Waals surface area (Å²) in [5.41, 5.74) is 0. The zero-order chi connectivity index (χ0) is 13.3. The van der Waals surface area contributed by atoms with Gasteiger partial charge >= 0.3 is 0 Å². The van der Waals surface area contributed by atoms with Gasteiger partial charge < -0.3 is 19.6 Å².